The highest BCUT2D eigenvalue weighted by Crippen LogP contribution is 2.33. The minimum Gasteiger partial charge on any atom is -0.298 e. The van der Waals surface area contributed by atoms with Crippen LogP contribution in [-0.4, -0.2) is 16.9 Å². The number of carbonyl (C=O) groups excluding carboxylic acids is 2. The first-order valence-electron chi connectivity index (χ1n) is 7.01. The van der Waals surface area contributed by atoms with Gasteiger partial charge in [0.1, 0.15) is 5.57 Å². The summed E-state index contributed by atoms with van der Waals surface area (Å²) in [5, 5.41) is 2.06. The topological polar surface area (TPSA) is 49.4 Å². The number of hydrogen-bond acceptors (Lipinski definition) is 4. The molecule has 0 radical (unpaired) electrons. The molecule has 0 bridgehead atoms. The number of anilines is 1. The zero-order valence-corrected chi connectivity index (χ0v) is 15.9. The normalized spacial score (nSPS) is 17.0. The first kappa shape index (κ1) is 18.7. The van der Waals surface area contributed by atoms with Crippen molar-refractivity contribution in [3.8, 4) is 0 Å². The van der Waals surface area contributed by atoms with Gasteiger partial charge in [0.15, 0.2) is 5.11 Å². The average molecular weight is 461 g/mol. The minimum absolute atomic E-state index is 0.0758. The minimum atomic E-state index is -4.57. The van der Waals surface area contributed by atoms with Gasteiger partial charge in [-0.05, 0) is 64.6 Å². The molecule has 0 spiro atoms. The third-order valence-electron chi connectivity index (χ3n) is 3.41. The Kier molecular flexibility index (Phi) is 5.00. The Labute approximate surface area is 163 Å². The lowest BCUT2D eigenvalue weighted by Crippen LogP contribution is -2.54. The second-order valence-electron chi connectivity index (χ2n) is 5.15. The second kappa shape index (κ2) is 6.93. The number of rotatable bonds is 2. The molecule has 26 heavy (non-hydrogen) atoms. The van der Waals surface area contributed by atoms with Gasteiger partial charge in [-0.25, -0.2) is 0 Å². The molecule has 2 heterocycles. The van der Waals surface area contributed by atoms with Gasteiger partial charge in [-0.15, -0.1) is 11.3 Å². The number of alkyl halides is 3. The number of thiophene rings is 1. The van der Waals surface area contributed by atoms with Crippen LogP contribution in [0, 0.1) is 0 Å². The molecular formula is C16H8BrF3N2O2S2. The molecule has 1 aromatic heterocycles. The Balaban J connectivity index is 2.02. The lowest BCUT2D eigenvalue weighted by atomic mass is 10.1. The van der Waals surface area contributed by atoms with Gasteiger partial charge >= 0.3 is 6.18 Å². The van der Waals surface area contributed by atoms with Crippen molar-refractivity contribution in [3.05, 3.63) is 56.2 Å². The lowest BCUT2D eigenvalue weighted by Gasteiger charge is -2.29. The highest BCUT2D eigenvalue weighted by atomic mass is 79.9. The van der Waals surface area contributed by atoms with E-state index in [1.54, 1.807) is 12.1 Å². The maximum atomic E-state index is 12.9. The third kappa shape index (κ3) is 3.71. The monoisotopic (exact) mass is 460 g/mol. The number of benzene rings is 1. The van der Waals surface area contributed by atoms with Gasteiger partial charge in [0.2, 0.25) is 0 Å². The van der Waals surface area contributed by atoms with Gasteiger partial charge in [-0.1, -0.05) is 6.07 Å². The Morgan fingerprint density at radius 3 is 2.54 bits per heavy atom. The summed E-state index contributed by atoms with van der Waals surface area (Å²) in [5.41, 5.74) is -1.21. The fourth-order valence-corrected chi connectivity index (χ4v) is 3.91. The van der Waals surface area contributed by atoms with Crippen LogP contribution >= 0.6 is 39.5 Å². The van der Waals surface area contributed by atoms with Crippen LogP contribution in [0.15, 0.2) is 45.8 Å². The van der Waals surface area contributed by atoms with Gasteiger partial charge in [0.25, 0.3) is 11.8 Å². The van der Waals surface area contributed by atoms with E-state index in [1.807, 2.05) is 0 Å². The predicted octanol–water partition coefficient (Wildman–Crippen LogP) is 4.36. The summed E-state index contributed by atoms with van der Waals surface area (Å²) in [4.78, 5) is 26.4. The summed E-state index contributed by atoms with van der Waals surface area (Å²) in [6.07, 6.45) is -3.20. The van der Waals surface area contributed by atoms with Crippen molar-refractivity contribution in [3.63, 3.8) is 0 Å². The van der Waals surface area contributed by atoms with Gasteiger partial charge < -0.3 is 0 Å². The molecule has 1 aliphatic rings. The van der Waals surface area contributed by atoms with E-state index in [0.29, 0.717) is 4.88 Å². The fraction of sp³-hybridized carbons (Fsp3) is 0.0625. The van der Waals surface area contributed by atoms with Crippen molar-refractivity contribution in [1.29, 1.82) is 0 Å². The molecule has 10 heteroatoms. The third-order valence-corrected chi connectivity index (χ3v) is 5.27. The van der Waals surface area contributed by atoms with Crippen molar-refractivity contribution in [1.82, 2.24) is 5.32 Å². The van der Waals surface area contributed by atoms with Crippen LogP contribution in [-0.2, 0) is 15.8 Å². The summed E-state index contributed by atoms with van der Waals surface area (Å²) in [5.74, 6) is -1.49. The number of thiocarbonyl (C=S) groups is 1. The SMILES string of the molecule is O=C1NC(=S)N(c2cccc(C(F)(F)F)c2)C(=O)/C1=C/c1ccc(Br)s1. The van der Waals surface area contributed by atoms with E-state index in [9.17, 15) is 22.8 Å². The largest absolute Gasteiger partial charge is 0.416 e. The van der Waals surface area contributed by atoms with E-state index in [4.69, 9.17) is 12.2 Å². The number of hydrogen-bond donors (Lipinski definition) is 1. The molecule has 0 aliphatic carbocycles. The molecule has 0 unspecified atom stereocenters. The molecule has 0 atom stereocenters. The van der Waals surface area contributed by atoms with E-state index in [-0.39, 0.29) is 16.4 Å². The first-order chi connectivity index (χ1) is 12.2. The first-order valence-corrected chi connectivity index (χ1v) is 9.02. The molecular weight excluding hydrogens is 453 g/mol. The fourth-order valence-electron chi connectivity index (χ4n) is 2.26. The van der Waals surface area contributed by atoms with Gasteiger partial charge in [0, 0.05) is 4.88 Å². The van der Waals surface area contributed by atoms with Crippen molar-refractivity contribution >= 4 is 68.2 Å². The van der Waals surface area contributed by atoms with Crippen molar-refractivity contribution in [2.45, 2.75) is 6.18 Å². The predicted molar refractivity (Wildman–Crippen MR) is 99.7 cm³/mol. The van der Waals surface area contributed by atoms with Crippen LogP contribution in [0.3, 0.4) is 0 Å². The van der Waals surface area contributed by atoms with E-state index in [1.165, 1.54) is 29.5 Å². The molecule has 1 aliphatic heterocycles. The summed E-state index contributed by atoms with van der Waals surface area (Å²) in [6.45, 7) is 0. The van der Waals surface area contributed by atoms with Crippen LogP contribution < -0.4 is 10.2 Å². The summed E-state index contributed by atoms with van der Waals surface area (Å²) in [6, 6.07) is 7.63. The lowest BCUT2D eigenvalue weighted by molar-refractivity contribution is -0.137. The molecule has 4 nitrogen and oxygen atoms in total. The molecule has 1 N–H and O–H groups in total. The molecule has 2 amide bonds. The standard InChI is InChI=1S/C16H8BrF3N2O2S2/c17-12-5-4-10(26-12)7-11-13(23)21-15(25)22(14(11)24)9-3-1-2-8(6-9)16(18,19)20/h1-7H,(H,21,23,25)/b11-7+. The quantitative estimate of drug-likeness (QED) is 0.411. The summed E-state index contributed by atoms with van der Waals surface area (Å²) in [7, 11) is 0. The Bertz CT molecular complexity index is 953. The smallest absolute Gasteiger partial charge is 0.298 e. The van der Waals surface area contributed by atoms with Crippen LogP contribution in [0.25, 0.3) is 6.08 Å². The molecule has 0 saturated carbocycles. The zero-order valence-electron chi connectivity index (χ0n) is 12.6. The van der Waals surface area contributed by atoms with Crippen molar-refractivity contribution in [2.75, 3.05) is 4.90 Å². The molecule has 1 aromatic carbocycles. The van der Waals surface area contributed by atoms with Crippen molar-refractivity contribution in [2.24, 2.45) is 0 Å². The van der Waals surface area contributed by atoms with E-state index in [2.05, 4.69) is 21.2 Å². The molecule has 2 aromatic rings. The summed E-state index contributed by atoms with van der Waals surface area (Å²) >= 11 is 9.56. The van der Waals surface area contributed by atoms with Gasteiger partial charge in [-0.2, -0.15) is 13.2 Å². The maximum absolute atomic E-state index is 12.9. The van der Waals surface area contributed by atoms with Crippen LogP contribution in [0.4, 0.5) is 18.9 Å². The Morgan fingerprint density at radius 2 is 1.92 bits per heavy atom. The molecule has 3 rings (SSSR count). The van der Waals surface area contributed by atoms with Crippen LogP contribution in [0.2, 0.25) is 0 Å². The summed E-state index contributed by atoms with van der Waals surface area (Å²) < 4.78 is 39.6. The second-order valence-corrected chi connectivity index (χ2v) is 8.03. The van der Waals surface area contributed by atoms with E-state index in [0.717, 1.165) is 20.8 Å². The van der Waals surface area contributed by atoms with Crippen molar-refractivity contribution < 1.29 is 22.8 Å². The van der Waals surface area contributed by atoms with Gasteiger partial charge in [-0.3, -0.25) is 19.8 Å². The van der Waals surface area contributed by atoms with Gasteiger partial charge in [0.05, 0.1) is 15.0 Å². The van der Waals surface area contributed by atoms with Crippen LogP contribution in [0.5, 0.6) is 0 Å². The Hall–Kier alpha value is -2.04. The number of nitrogens with zero attached hydrogens (tertiary/aromatic N) is 1. The van der Waals surface area contributed by atoms with E-state index < -0.39 is 23.6 Å². The molecule has 1 saturated heterocycles. The maximum Gasteiger partial charge on any atom is 0.416 e. The Morgan fingerprint density at radius 1 is 1.19 bits per heavy atom. The molecule has 134 valence electrons. The number of nitrogens with one attached hydrogen (secondary N) is 1. The average Bonchev–Trinajstić information content (AvgIpc) is 2.96. The van der Waals surface area contributed by atoms with Crippen LogP contribution in [0.1, 0.15) is 10.4 Å². The van der Waals surface area contributed by atoms with E-state index >= 15 is 0 Å². The number of halogens is 4. The highest BCUT2D eigenvalue weighted by molar-refractivity contribution is 9.11. The number of amides is 2. The zero-order chi connectivity index (χ0) is 19.1. The molecule has 1 fully saturated rings. The number of carbonyl (C=O) groups is 2. The highest BCUT2D eigenvalue weighted by Gasteiger charge is 2.36.